The molecule has 3 rings (SSSR count). The summed E-state index contributed by atoms with van der Waals surface area (Å²) in [5.74, 6) is 2.08. The van der Waals surface area contributed by atoms with Gasteiger partial charge in [-0.2, -0.15) is 4.98 Å². The molecule has 0 unspecified atom stereocenters. The Bertz CT molecular complexity index is 647. The monoisotopic (exact) mass is 348 g/mol. The van der Waals surface area contributed by atoms with Crippen LogP contribution in [-0.4, -0.2) is 40.7 Å². The van der Waals surface area contributed by atoms with Crippen LogP contribution in [-0.2, 0) is 6.42 Å². The number of urea groups is 1. The van der Waals surface area contributed by atoms with E-state index in [1.165, 1.54) is 4.88 Å². The van der Waals surface area contributed by atoms with Gasteiger partial charge in [-0.1, -0.05) is 18.1 Å². The minimum Gasteiger partial charge on any atom is -0.339 e. The molecule has 2 aromatic heterocycles. The highest BCUT2D eigenvalue weighted by Crippen LogP contribution is 2.26. The summed E-state index contributed by atoms with van der Waals surface area (Å²) in [4.78, 5) is 19.9. The Hall–Kier alpha value is -1.89. The molecule has 2 aromatic rings. The second-order valence-electron chi connectivity index (χ2n) is 6.52. The highest BCUT2D eigenvalue weighted by molar-refractivity contribution is 7.09. The third-order valence-electron chi connectivity index (χ3n) is 4.41. The number of piperidine rings is 1. The van der Waals surface area contributed by atoms with Crippen molar-refractivity contribution in [3.05, 3.63) is 34.1 Å². The first-order valence-corrected chi connectivity index (χ1v) is 9.35. The molecule has 2 amide bonds. The van der Waals surface area contributed by atoms with Gasteiger partial charge in [0.15, 0.2) is 5.82 Å². The van der Waals surface area contributed by atoms with E-state index >= 15 is 0 Å². The maximum Gasteiger partial charge on any atom is 0.317 e. The maximum absolute atomic E-state index is 12.3. The number of aryl methyl sites for hydroxylation is 1. The fourth-order valence-electron chi connectivity index (χ4n) is 3.03. The average Bonchev–Trinajstić information content (AvgIpc) is 3.24. The molecule has 0 bridgehead atoms. The van der Waals surface area contributed by atoms with E-state index in [-0.39, 0.29) is 11.9 Å². The van der Waals surface area contributed by atoms with Gasteiger partial charge >= 0.3 is 6.03 Å². The quantitative estimate of drug-likeness (QED) is 0.901. The van der Waals surface area contributed by atoms with Crippen molar-refractivity contribution in [2.24, 2.45) is 5.92 Å². The molecular formula is C17H24N4O2S. The number of aromatic nitrogens is 2. The zero-order valence-electron chi connectivity index (χ0n) is 14.2. The molecule has 6 nitrogen and oxygen atoms in total. The molecule has 1 fully saturated rings. The Balaban J connectivity index is 1.40. The Morgan fingerprint density at radius 2 is 2.29 bits per heavy atom. The molecule has 1 aliphatic rings. The second-order valence-corrected chi connectivity index (χ2v) is 7.55. The Kier molecular flexibility index (Phi) is 5.50. The molecule has 0 saturated carbocycles. The van der Waals surface area contributed by atoms with E-state index in [0.717, 1.165) is 32.4 Å². The first-order valence-electron chi connectivity index (χ1n) is 8.47. The topological polar surface area (TPSA) is 71.3 Å². The van der Waals surface area contributed by atoms with E-state index in [1.54, 1.807) is 11.3 Å². The molecule has 130 valence electrons. The van der Waals surface area contributed by atoms with Crippen molar-refractivity contribution in [2.45, 2.75) is 39.0 Å². The third-order valence-corrected chi connectivity index (χ3v) is 5.30. The van der Waals surface area contributed by atoms with Crippen molar-refractivity contribution >= 4 is 17.4 Å². The molecule has 1 aliphatic heterocycles. The van der Waals surface area contributed by atoms with E-state index < -0.39 is 0 Å². The van der Waals surface area contributed by atoms with Gasteiger partial charge in [0.2, 0.25) is 5.89 Å². The van der Waals surface area contributed by atoms with Crippen LogP contribution in [0, 0.1) is 12.8 Å². The summed E-state index contributed by atoms with van der Waals surface area (Å²) in [6.07, 6.45) is 2.76. The van der Waals surface area contributed by atoms with Crippen LogP contribution >= 0.6 is 11.3 Å². The highest BCUT2D eigenvalue weighted by Gasteiger charge is 2.27. The molecular weight excluding hydrogens is 324 g/mol. The van der Waals surface area contributed by atoms with Gasteiger partial charge in [-0.05, 0) is 43.6 Å². The summed E-state index contributed by atoms with van der Waals surface area (Å²) in [6.45, 7) is 6.17. The van der Waals surface area contributed by atoms with Crippen LogP contribution in [0.5, 0.6) is 0 Å². The fourth-order valence-corrected chi connectivity index (χ4v) is 3.90. The van der Waals surface area contributed by atoms with Crippen molar-refractivity contribution < 1.29 is 9.32 Å². The highest BCUT2D eigenvalue weighted by atomic mass is 32.1. The summed E-state index contributed by atoms with van der Waals surface area (Å²) < 4.78 is 5.25. The number of amides is 2. The molecule has 1 atom stereocenters. The Morgan fingerprint density at radius 1 is 1.50 bits per heavy atom. The lowest BCUT2D eigenvalue weighted by Gasteiger charge is -2.30. The van der Waals surface area contributed by atoms with Crippen molar-refractivity contribution in [1.29, 1.82) is 0 Å². The summed E-state index contributed by atoms with van der Waals surface area (Å²) in [5.41, 5.74) is 0. The number of carbonyl (C=O) groups excluding carboxylic acids is 1. The van der Waals surface area contributed by atoms with Crippen LogP contribution in [0.25, 0.3) is 0 Å². The summed E-state index contributed by atoms with van der Waals surface area (Å²) >= 11 is 1.77. The van der Waals surface area contributed by atoms with E-state index in [4.69, 9.17) is 4.52 Å². The number of nitrogens with one attached hydrogen (secondary N) is 1. The Labute approximate surface area is 146 Å². The van der Waals surface area contributed by atoms with Crippen LogP contribution in [0.3, 0.4) is 0 Å². The van der Waals surface area contributed by atoms with Crippen molar-refractivity contribution in [2.75, 3.05) is 19.6 Å². The van der Waals surface area contributed by atoms with E-state index in [2.05, 4.69) is 39.9 Å². The predicted octanol–water partition coefficient (Wildman–Crippen LogP) is 3.21. The molecule has 0 aromatic carbocycles. The number of thiophene rings is 1. The smallest absolute Gasteiger partial charge is 0.317 e. The van der Waals surface area contributed by atoms with Gasteiger partial charge < -0.3 is 14.7 Å². The van der Waals surface area contributed by atoms with Crippen molar-refractivity contribution in [3.8, 4) is 0 Å². The first kappa shape index (κ1) is 17.0. The van der Waals surface area contributed by atoms with Crippen LogP contribution in [0.2, 0.25) is 0 Å². The van der Waals surface area contributed by atoms with Gasteiger partial charge in [0.05, 0.1) is 0 Å². The zero-order valence-corrected chi connectivity index (χ0v) is 15.0. The lowest BCUT2D eigenvalue weighted by Crippen LogP contribution is -2.45. The summed E-state index contributed by atoms with van der Waals surface area (Å²) in [7, 11) is 0. The molecule has 0 spiro atoms. The summed E-state index contributed by atoms with van der Waals surface area (Å²) in [5, 5.41) is 9.00. The normalized spacial score (nSPS) is 17.0. The van der Waals surface area contributed by atoms with Crippen molar-refractivity contribution in [3.63, 3.8) is 0 Å². The zero-order chi connectivity index (χ0) is 16.9. The minimum absolute atomic E-state index is 0.0354. The lowest BCUT2D eigenvalue weighted by molar-refractivity contribution is 0.174. The third kappa shape index (κ3) is 4.35. The van der Waals surface area contributed by atoms with Crippen LogP contribution in [0.1, 0.15) is 42.3 Å². The molecule has 1 saturated heterocycles. The first-order chi connectivity index (χ1) is 11.6. The standard InChI is InChI=1S/C17H24N4O2S/c1-12(10-15-4-3-9-24-15)11-18-17(22)21-7-5-14(6-8-21)16-19-13(2)20-23-16/h3-4,9,12,14H,5-8,10-11H2,1-2H3,(H,18,22)/t12-/m0/s1. The van der Waals surface area contributed by atoms with Crippen LogP contribution in [0.15, 0.2) is 22.0 Å². The number of hydrogen-bond acceptors (Lipinski definition) is 5. The van der Waals surface area contributed by atoms with Crippen LogP contribution < -0.4 is 5.32 Å². The van der Waals surface area contributed by atoms with Gasteiger partial charge in [0.25, 0.3) is 0 Å². The second kappa shape index (κ2) is 7.79. The number of likely N-dealkylation sites (tertiary alicyclic amines) is 1. The van der Waals surface area contributed by atoms with Gasteiger partial charge in [0.1, 0.15) is 0 Å². The number of hydrogen-bond donors (Lipinski definition) is 1. The van der Waals surface area contributed by atoms with Gasteiger partial charge in [-0.15, -0.1) is 11.3 Å². The molecule has 1 N–H and O–H groups in total. The minimum atomic E-state index is 0.0354. The molecule has 0 radical (unpaired) electrons. The Morgan fingerprint density at radius 3 is 2.92 bits per heavy atom. The van der Waals surface area contributed by atoms with Gasteiger partial charge in [-0.25, -0.2) is 4.79 Å². The average molecular weight is 348 g/mol. The predicted molar refractivity (Wildman–Crippen MR) is 93.2 cm³/mol. The van der Waals surface area contributed by atoms with E-state index in [1.807, 2.05) is 11.8 Å². The molecule has 24 heavy (non-hydrogen) atoms. The molecule has 0 aliphatic carbocycles. The van der Waals surface area contributed by atoms with E-state index in [0.29, 0.717) is 24.2 Å². The van der Waals surface area contributed by atoms with Gasteiger partial charge in [-0.3, -0.25) is 0 Å². The number of carbonyl (C=O) groups is 1. The summed E-state index contributed by atoms with van der Waals surface area (Å²) in [6, 6.07) is 4.25. The van der Waals surface area contributed by atoms with E-state index in [9.17, 15) is 4.79 Å². The van der Waals surface area contributed by atoms with Crippen LogP contribution in [0.4, 0.5) is 4.79 Å². The molecule has 3 heterocycles. The number of nitrogens with zero attached hydrogens (tertiary/aromatic N) is 3. The van der Waals surface area contributed by atoms with Crippen molar-refractivity contribution in [1.82, 2.24) is 20.4 Å². The lowest BCUT2D eigenvalue weighted by atomic mass is 9.97. The van der Waals surface area contributed by atoms with Gasteiger partial charge in [0, 0.05) is 30.4 Å². The SMILES string of the molecule is Cc1noc(C2CCN(C(=O)NC[C@@H](C)Cc3cccs3)CC2)n1. The molecule has 7 heteroatoms. The fraction of sp³-hybridized carbons (Fsp3) is 0.588. The largest absolute Gasteiger partial charge is 0.339 e. The number of rotatable bonds is 5. The maximum atomic E-state index is 12.3.